The van der Waals surface area contributed by atoms with Gasteiger partial charge in [0.05, 0.1) is 0 Å². The van der Waals surface area contributed by atoms with Gasteiger partial charge in [-0.25, -0.2) is 0 Å². The second kappa shape index (κ2) is 6.30. The van der Waals surface area contributed by atoms with Crippen LogP contribution in [0.25, 0.3) is 0 Å². The lowest BCUT2D eigenvalue weighted by molar-refractivity contribution is 0.830. The van der Waals surface area contributed by atoms with Gasteiger partial charge in [-0.05, 0) is 43.7 Å². The van der Waals surface area contributed by atoms with E-state index >= 15 is 0 Å². The Hall–Kier alpha value is -1.82. The standard InChI is InChI=1S/C15H19N5S/c1-11-6-5-7-12(10-11)21-15-18-13(16-2)17-14(19-15)20-8-3-4-9-20/h5-7,10H,3-4,8-9H2,1-2H3,(H,16,17,18,19). The highest BCUT2D eigenvalue weighted by molar-refractivity contribution is 7.99. The maximum Gasteiger partial charge on any atom is 0.231 e. The summed E-state index contributed by atoms with van der Waals surface area (Å²) in [4.78, 5) is 16.9. The van der Waals surface area contributed by atoms with Crippen LogP contribution < -0.4 is 10.2 Å². The summed E-state index contributed by atoms with van der Waals surface area (Å²) in [5.41, 5.74) is 1.24. The zero-order valence-corrected chi connectivity index (χ0v) is 13.2. The fraction of sp³-hybridized carbons (Fsp3) is 0.400. The molecule has 2 aromatic rings. The van der Waals surface area contributed by atoms with Crippen molar-refractivity contribution >= 4 is 23.7 Å². The maximum absolute atomic E-state index is 4.61. The lowest BCUT2D eigenvalue weighted by Gasteiger charge is -2.16. The summed E-state index contributed by atoms with van der Waals surface area (Å²) < 4.78 is 0. The Morgan fingerprint density at radius 1 is 1.14 bits per heavy atom. The molecule has 2 heterocycles. The van der Waals surface area contributed by atoms with Gasteiger partial charge in [0.1, 0.15) is 0 Å². The first kappa shape index (κ1) is 14.1. The second-order valence-corrected chi connectivity index (χ2v) is 6.14. The van der Waals surface area contributed by atoms with E-state index in [9.17, 15) is 0 Å². The van der Waals surface area contributed by atoms with Gasteiger partial charge in [-0.1, -0.05) is 17.7 Å². The Morgan fingerprint density at radius 3 is 2.67 bits per heavy atom. The number of aryl methyl sites for hydroxylation is 1. The van der Waals surface area contributed by atoms with Crippen molar-refractivity contribution < 1.29 is 0 Å². The van der Waals surface area contributed by atoms with E-state index in [2.05, 4.69) is 56.4 Å². The Bertz CT molecular complexity index is 625. The average molecular weight is 301 g/mol. The number of rotatable bonds is 4. The fourth-order valence-corrected chi connectivity index (χ4v) is 3.21. The Labute approximate surface area is 129 Å². The zero-order valence-electron chi connectivity index (χ0n) is 12.3. The summed E-state index contributed by atoms with van der Waals surface area (Å²) in [6.07, 6.45) is 2.42. The van der Waals surface area contributed by atoms with Gasteiger partial charge in [0, 0.05) is 25.0 Å². The molecule has 1 fully saturated rings. The first-order chi connectivity index (χ1) is 10.2. The number of hydrogen-bond acceptors (Lipinski definition) is 6. The molecule has 1 N–H and O–H groups in total. The summed E-state index contributed by atoms with van der Waals surface area (Å²) in [5, 5.41) is 3.76. The Balaban J connectivity index is 1.88. The van der Waals surface area contributed by atoms with Crippen LogP contribution in [0.5, 0.6) is 0 Å². The SMILES string of the molecule is CNc1nc(Sc2cccc(C)c2)nc(N2CCCC2)n1. The molecule has 1 aliphatic heterocycles. The van der Waals surface area contributed by atoms with Crippen molar-refractivity contribution in [2.75, 3.05) is 30.4 Å². The minimum atomic E-state index is 0.627. The third kappa shape index (κ3) is 3.44. The first-order valence-electron chi connectivity index (χ1n) is 7.18. The summed E-state index contributed by atoms with van der Waals surface area (Å²) >= 11 is 1.58. The van der Waals surface area contributed by atoms with Crippen LogP contribution in [-0.2, 0) is 0 Å². The molecule has 0 saturated carbocycles. The van der Waals surface area contributed by atoms with E-state index in [1.807, 2.05) is 7.05 Å². The molecular weight excluding hydrogens is 282 g/mol. The van der Waals surface area contributed by atoms with E-state index < -0.39 is 0 Å². The highest BCUT2D eigenvalue weighted by Crippen LogP contribution is 2.27. The third-order valence-electron chi connectivity index (χ3n) is 3.41. The molecule has 110 valence electrons. The van der Waals surface area contributed by atoms with Crippen LogP contribution >= 0.6 is 11.8 Å². The fourth-order valence-electron chi connectivity index (χ4n) is 2.35. The molecule has 6 heteroatoms. The average Bonchev–Trinajstić information content (AvgIpc) is 3.01. The van der Waals surface area contributed by atoms with Crippen molar-refractivity contribution in [1.29, 1.82) is 0 Å². The minimum Gasteiger partial charge on any atom is -0.357 e. The van der Waals surface area contributed by atoms with Crippen LogP contribution in [0.15, 0.2) is 34.3 Å². The van der Waals surface area contributed by atoms with Crippen LogP contribution in [0.4, 0.5) is 11.9 Å². The highest BCUT2D eigenvalue weighted by atomic mass is 32.2. The number of nitrogens with one attached hydrogen (secondary N) is 1. The van der Waals surface area contributed by atoms with Crippen molar-refractivity contribution in [3.63, 3.8) is 0 Å². The first-order valence-corrected chi connectivity index (χ1v) is 7.99. The van der Waals surface area contributed by atoms with Crippen molar-refractivity contribution in [3.8, 4) is 0 Å². The van der Waals surface area contributed by atoms with Crippen LogP contribution in [-0.4, -0.2) is 35.1 Å². The van der Waals surface area contributed by atoms with E-state index in [4.69, 9.17) is 0 Å². The quantitative estimate of drug-likeness (QED) is 0.937. The molecular formula is C15H19N5S. The Morgan fingerprint density at radius 2 is 1.95 bits per heavy atom. The van der Waals surface area contributed by atoms with Crippen molar-refractivity contribution in [2.24, 2.45) is 0 Å². The second-order valence-electron chi connectivity index (χ2n) is 5.10. The van der Waals surface area contributed by atoms with Crippen LogP contribution in [0.1, 0.15) is 18.4 Å². The van der Waals surface area contributed by atoms with Gasteiger partial charge in [0.15, 0.2) is 5.16 Å². The molecule has 1 aliphatic rings. The molecule has 0 radical (unpaired) electrons. The van der Waals surface area contributed by atoms with Gasteiger partial charge in [-0.3, -0.25) is 0 Å². The lowest BCUT2D eigenvalue weighted by Crippen LogP contribution is -2.21. The van der Waals surface area contributed by atoms with Gasteiger partial charge in [-0.15, -0.1) is 0 Å². The number of benzene rings is 1. The largest absolute Gasteiger partial charge is 0.357 e. The molecule has 0 amide bonds. The number of anilines is 2. The molecule has 0 spiro atoms. The predicted molar refractivity (Wildman–Crippen MR) is 86.1 cm³/mol. The predicted octanol–water partition coefficient (Wildman–Crippen LogP) is 2.97. The van der Waals surface area contributed by atoms with Gasteiger partial charge in [0.25, 0.3) is 0 Å². The third-order valence-corrected chi connectivity index (χ3v) is 4.27. The number of nitrogens with zero attached hydrogens (tertiary/aromatic N) is 4. The van der Waals surface area contributed by atoms with Gasteiger partial charge < -0.3 is 10.2 Å². The summed E-state index contributed by atoms with van der Waals surface area (Å²) in [6, 6.07) is 8.37. The maximum atomic E-state index is 4.61. The molecule has 5 nitrogen and oxygen atoms in total. The Kier molecular flexibility index (Phi) is 4.24. The van der Waals surface area contributed by atoms with Gasteiger partial charge >= 0.3 is 0 Å². The molecule has 3 rings (SSSR count). The van der Waals surface area contributed by atoms with Gasteiger partial charge in [-0.2, -0.15) is 15.0 Å². The van der Waals surface area contributed by atoms with E-state index in [1.165, 1.54) is 18.4 Å². The normalized spacial score (nSPS) is 14.5. The molecule has 0 aliphatic carbocycles. The minimum absolute atomic E-state index is 0.627. The van der Waals surface area contributed by atoms with E-state index in [0.29, 0.717) is 5.95 Å². The van der Waals surface area contributed by atoms with Gasteiger partial charge in [0.2, 0.25) is 11.9 Å². The topological polar surface area (TPSA) is 53.9 Å². The van der Waals surface area contributed by atoms with E-state index in [1.54, 1.807) is 11.8 Å². The van der Waals surface area contributed by atoms with E-state index in [-0.39, 0.29) is 0 Å². The highest BCUT2D eigenvalue weighted by Gasteiger charge is 2.17. The molecule has 1 aromatic heterocycles. The van der Waals surface area contributed by atoms with Crippen molar-refractivity contribution in [3.05, 3.63) is 29.8 Å². The van der Waals surface area contributed by atoms with Crippen LogP contribution in [0.2, 0.25) is 0 Å². The van der Waals surface area contributed by atoms with Crippen LogP contribution in [0, 0.1) is 6.92 Å². The van der Waals surface area contributed by atoms with Crippen molar-refractivity contribution in [2.45, 2.75) is 29.8 Å². The molecule has 0 unspecified atom stereocenters. The molecule has 1 aromatic carbocycles. The summed E-state index contributed by atoms with van der Waals surface area (Å²) in [5.74, 6) is 1.41. The summed E-state index contributed by atoms with van der Waals surface area (Å²) in [7, 11) is 1.84. The lowest BCUT2D eigenvalue weighted by atomic mass is 10.2. The molecule has 1 saturated heterocycles. The van der Waals surface area contributed by atoms with Crippen molar-refractivity contribution in [1.82, 2.24) is 15.0 Å². The zero-order chi connectivity index (χ0) is 14.7. The number of hydrogen-bond donors (Lipinski definition) is 1. The number of aromatic nitrogens is 3. The van der Waals surface area contributed by atoms with E-state index in [0.717, 1.165) is 29.1 Å². The monoisotopic (exact) mass is 301 g/mol. The molecule has 0 bridgehead atoms. The smallest absolute Gasteiger partial charge is 0.231 e. The van der Waals surface area contributed by atoms with Crippen LogP contribution in [0.3, 0.4) is 0 Å². The molecule has 21 heavy (non-hydrogen) atoms. The molecule has 0 atom stereocenters. The summed E-state index contributed by atoms with van der Waals surface area (Å²) in [6.45, 7) is 4.15.